The fraction of sp³-hybridized carbons (Fsp3) is 0.250. The highest BCUT2D eigenvalue weighted by atomic mass is 32.3. The molecule has 0 radical (unpaired) electrons. The first-order valence-electron chi connectivity index (χ1n) is 11.7. The van der Waals surface area contributed by atoms with Crippen molar-refractivity contribution in [1.82, 2.24) is 9.80 Å². The van der Waals surface area contributed by atoms with Gasteiger partial charge in [-0.3, -0.25) is 4.90 Å². The number of ether oxygens (including phenoxy) is 1. The van der Waals surface area contributed by atoms with Gasteiger partial charge in [-0.05, 0) is 46.0 Å². The van der Waals surface area contributed by atoms with Crippen LogP contribution in [0.3, 0.4) is 0 Å². The van der Waals surface area contributed by atoms with Crippen LogP contribution in [0.25, 0.3) is 11.1 Å². The maximum atomic E-state index is 13.5. The predicted octanol–water partition coefficient (Wildman–Crippen LogP) is 4.39. The van der Waals surface area contributed by atoms with E-state index in [-0.39, 0.29) is 18.6 Å². The Morgan fingerprint density at radius 1 is 0.972 bits per heavy atom. The zero-order valence-electron chi connectivity index (χ0n) is 19.6. The quantitative estimate of drug-likeness (QED) is 0.381. The van der Waals surface area contributed by atoms with Crippen molar-refractivity contribution in [3.63, 3.8) is 0 Å². The van der Waals surface area contributed by atoms with Crippen molar-refractivity contribution in [3.8, 4) is 23.5 Å². The number of fused-ring (bicyclic) bond motifs is 3. The molecule has 6 nitrogen and oxygen atoms in total. The van der Waals surface area contributed by atoms with Crippen LogP contribution in [-0.2, 0) is 21.5 Å². The van der Waals surface area contributed by atoms with Crippen molar-refractivity contribution in [1.29, 1.82) is 0 Å². The molecule has 0 unspecified atom stereocenters. The molecule has 3 aromatic rings. The summed E-state index contributed by atoms with van der Waals surface area (Å²) in [5.41, 5.74) is 5.61. The summed E-state index contributed by atoms with van der Waals surface area (Å²) in [6.45, 7) is 2.76. The zero-order valence-corrected chi connectivity index (χ0v) is 20.4. The van der Waals surface area contributed by atoms with Gasteiger partial charge in [0.05, 0.1) is 0 Å². The van der Waals surface area contributed by atoms with E-state index in [1.165, 1.54) is 28.3 Å². The van der Waals surface area contributed by atoms with Gasteiger partial charge in [-0.25, -0.2) is 4.79 Å². The van der Waals surface area contributed by atoms with Crippen LogP contribution >= 0.6 is 0 Å². The summed E-state index contributed by atoms with van der Waals surface area (Å²) >= 11 is 0. The Labute approximate surface area is 210 Å². The molecule has 1 amide bonds. The summed E-state index contributed by atoms with van der Waals surface area (Å²) in [5, 5.41) is 0. The highest BCUT2D eigenvalue weighted by Gasteiger charge is 2.30. The van der Waals surface area contributed by atoms with Crippen LogP contribution in [0, 0.1) is 12.3 Å². The zero-order chi connectivity index (χ0) is 25.3. The highest BCUT2D eigenvalue weighted by Crippen LogP contribution is 2.44. The lowest BCUT2D eigenvalue weighted by Gasteiger charge is -2.34. The Balaban J connectivity index is 1.19. The third-order valence-corrected chi connectivity index (χ3v) is 7.59. The number of nitrogens with zero attached hydrogens (tertiary/aromatic N) is 2. The van der Waals surface area contributed by atoms with Crippen LogP contribution in [0.15, 0.2) is 71.6 Å². The van der Waals surface area contributed by atoms with E-state index in [1.807, 2.05) is 24.3 Å². The fourth-order valence-electron chi connectivity index (χ4n) is 5.01. The lowest BCUT2D eigenvalue weighted by atomic mass is 9.98. The Morgan fingerprint density at radius 2 is 1.58 bits per heavy atom. The molecule has 1 heterocycles. The van der Waals surface area contributed by atoms with E-state index < -0.39 is 15.1 Å². The Morgan fingerprint density at radius 3 is 2.17 bits per heavy atom. The Bertz CT molecular complexity index is 1410. The topological polar surface area (TPSA) is 66.9 Å². The molecule has 3 aromatic carbocycles. The molecule has 36 heavy (non-hydrogen) atoms. The molecule has 0 atom stereocenters. The summed E-state index contributed by atoms with van der Waals surface area (Å²) in [6, 6.07) is 20.5. The van der Waals surface area contributed by atoms with Gasteiger partial charge in [0.15, 0.2) is 0 Å². The van der Waals surface area contributed by atoms with Gasteiger partial charge in [-0.2, -0.15) is 8.42 Å². The average molecular weight is 505 g/mol. The first-order chi connectivity index (χ1) is 17.3. The van der Waals surface area contributed by atoms with Crippen LogP contribution in [0.2, 0.25) is 0 Å². The van der Waals surface area contributed by atoms with Gasteiger partial charge in [0.2, 0.25) is 0 Å². The van der Waals surface area contributed by atoms with Crippen molar-refractivity contribution in [3.05, 3.63) is 89.0 Å². The van der Waals surface area contributed by atoms with E-state index in [4.69, 9.17) is 11.2 Å². The van der Waals surface area contributed by atoms with E-state index in [1.54, 1.807) is 11.0 Å². The summed E-state index contributed by atoms with van der Waals surface area (Å²) in [6.07, 6.45) is 5.05. The molecule has 2 aliphatic rings. The number of halogens is 1. The molecular formula is C28H25FN2O4S. The first kappa shape index (κ1) is 24.0. The van der Waals surface area contributed by atoms with Gasteiger partial charge >= 0.3 is 16.3 Å². The number of carbonyl (C=O) groups excluding carboxylic acids is 1. The van der Waals surface area contributed by atoms with E-state index >= 15 is 0 Å². The standard InChI is InChI=1S/C28H25FN2O4S/c1-2-20-15-21(17-22(16-20)36(29,33)34)18-30-11-13-31(14-12-30)28(32)35-19-27-25-9-5-3-7-23(25)24-8-4-6-10-26(24)27/h1,3-10,15-17,27H,11-14,18-19H2. The lowest BCUT2D eigenvalue weighted by Crippen LogP contribution is -2.48. The molecule has 184 valence electrons. The molecule has 8 heteroatoms. The van der Waals surface area contributed by atoms with Crippen molar-refractivity contribution in [2.75, 3.05) is 32.8 Å². The predicted molar refractivity (Wildman–Crippen MR) is 135 cm³/mol. The second-order valence-corrected chi connectivity index (χ2v) is 10.4. The number of benzene rings is 3. The van der Waals surface area contributed by atoms with Crippen molar-refractivity contribution in [2.45, 2.75) is 17.4 Å². The van der Waals surface area contributed by atoms with Crippen molar-refractivity contribution >= 4 is 16.3 Å². The first-order valence-corrected chi connectivity index (χ1v) is 13.1. The average Bonchev–Trinajstić information content (AvgIpc) is 3.20. The fourth-order valence-corrected chi connectivity index (χ4v) is 5.57. The van der Waals surface area contributed by atoms with Crippen LogP contribution in [-0.4, -0.2) is 57.1 Å². The molecule has 1 fully saturated rings. The molecule has 0 N–H and O–H groups in total. The van der Waals surface area contributed by atoms with Crippen LogP contribution in [0.1, 0.15) is 28.2 Å². The number of piperazine rings is 1. The third kappa shape index (κ3) is 4.85. The molecule has 0 aromatic heterocycles. The Hall–Kier alpha value is -3.67. The molecule has 0 saturated carbocycles. The molecule has 0 spiro atoms. The number of rotatable bonds is 5. The number of terminal acetylenes is 1. The van der Waals surface area contributed by atoms with Crippen LogP contribution < -0.4 is 0 Å². The Kier molecular flexibility index (Phi) is 6.52. The molecule has 1 saturated heterocycles. The van der Waals surface area contributed by atoms with Crippen LogP contribution in [0.4, 0.5) is 8.68 Å². The number of carbonyl (C=O) groups is 1. The van der Waals surface area contributed by atoms with Gasteiger partial charge in [0.1, 0.15) is 11.5 Å². The third-order valence-electron chi connectivity index (χ3n) is 6.79. The highest BCUT2D eigenvalue weighted by molar-refractivity contribution is 7.86. The maximum absolute atomic E-state index is 13.5. The van der Waals surface area contributed by atoms with E-state index in [2.05, 4.69) is 35.1 Å². The molecule has 5 rings (SSSR count). The minimum absolute atomic E-state index is 0.00653. The maximum Gasteiger partial charge on any atom is 0.409 e. The molecule has 1 aliphatic carbocycles. The largest absolute Gasteiger partial charge is 0.448 e. The second kappa shape index (κ2) is 9.76. The van der Waals surface area contributed by atoms with Gasteiger partial charge in [-0.15, -0.1) is 10.3 Å². The number of amides is 1. The smallest absolute Gasteiger partial charge is 0.409 e. The van der Waals surface area contributed by atoms with Gasteiger partial charge in [0.25, 0.3) is 0 Å². The lowest BCUT2D eigenvalue weighted by molar-refractivity contribution is 0.0728. The van der Waals surface area contributed by atoms with Crippen molar-refractivity contribution in [2.24, 2.45) is 0 Å². The van der Waals surface area contributed by atoms with Crippen LogP contribution in [0.5, 0.6) is 0 Å². The summed E-state index contributed by atoms with van der Waals surface area (Å²) in [5.74, 6) is 2.38. The van der Waals surface area contributed by atoms with Crippen molar-refractivity contribution < 1.29 is 21.8 Å². The normalized spacial score (nSPS) is 15.7. The number of hydrogen-bond acceptors (Lipinski definition) is 5. The van der Waals surface area contributed by atoms with E-state index in [9.17, 15) is 17.1 Å². The minimum Gasteiger partial charge on any atom is -0.448 e. The van der Waals surface area contributed by atoms with Gasteiger partial charge in [0, 0.05) is 44.2 Å². The second-order valence-electron chi connectivity index (χ2n) is 9.02. The SMILES string of the molecule is C#Cc1cc(CN2CCN(C(=O)OCC3c4ccccc4-c4ccccc43)CC2)cc(S(=O)(=O)F)c1. The summed E-state index contributed by atoms with van der Waals surface area (Å²) in [7, 11) is -4.85. The van der Waals surface area contributed by atoms with Gasteiger partial charge in [-0.1, -0.05) is 54.5 Å². The van der Waals surface area contributed by atoms with E-state index in [0.717, 1.165) is 6.07 Å². The van der Waals surface area contributed by atoms with Gasteiger partial charge < -0.3 is 9.64 Å². The molecular weight excluding hydrogens is 479 g/mol. The molecule has 1 aliphatic heterocycles. The monoisotopic (exact) mass is 504 g/mol. The number of hydrogen-bond donors (Lipinski definition) is 0. The molecule has 0 bridgehead atoms. The minimum atomic E-state index is -4.85. The summed E-state index contributed by atoms with van der Waals surface area (Å²) < 4.78 is 42.0. The summed E-state index contributed by atoms with van der Waals surface area (Å²) in [4.78, 5) is 16.1. The van der Waals surface area contributed by atoms with E-state index in [0.29, 0.717) is 43.9 Å².